The second-order valence-corrected chi connectivity index (χ2v) is 3.53. The van der Waals surface area contributed by atoms with Gasteiger partial charge in [-0.2, -0.15) is 0 Å². The van der Waals surface area contributed by atoms with Crippen LogP contribution in [-0.4, -0.2) is 0 Å². The average Bonchev–Trinajstić information content (AvgIpc) is 2.50. The Morgan fingerprint density at radius 1 is 1.44 bits per heavy atom. The van der Waals surface area contributed by atoms with Crippen molar-refractivity contribution in [2.75, 3.05) is 0 Å². The molecule has 0 aromatic heterocycles. The molecule has 0 aromatic rings. The van der Waals surface area contributed by atoms with Gasteiger partial charge in [-0.05, 0) is 37.0 Å². The Morgan fingerprint density at radius 2 is 2.00 bits per heavy atom. The van der Waals surface area contributed by atoms with Crippen molar-refractivity contribution in [2.45, 2.75) is 33.1 Å². The molecule has 0 spiro atoms. The van der Waals surface area contributed by atoms with Crippen LogP contribution in [0.3, 0.4) is 0 Å². The van der Waals surface area contributed by atoms with Gasteiger partial charge in [-0.15, -0.1) is 0 Å². The van der Waals surface area contributed by atoms with Gasteiger partial charge in [0.1, 0.15) is 0 Å². The zero-order valence-corrected chi connectivity index (χ0v) is 6.56. The minimum Gasteiger partial charge on any atom is -0.0625 e. The van der Waals surface area contributed by atoms with Crippen molar-refractivity contribution in [1.82, 2.24) is 0 Å². The lowest BCUT2D eigenvalue weighted by Crippen LogP contribution is -2.09. The zero-order chi connectivity index (χ0) is 6.85. The van der Waals surface area contributed by atoms with Gasteiger partial charge in [-0.1, -0.05) is 20.8 Å². The van der Waals surface area contributed by atoms with Crippen LogP contribution >= 0.6 is 0 Å². The first-order chi connectivity index (χ1) is 4.25. The van der Waals surface area contributed by atoms with Gasteiger partial charge in [0, 0.05) is 0 Å². The summed E-state index contributed by atoms with van der Waals surface area (Å²) in [5.74, 6) is 2.82. The third-order valence-electron chi connectivity index (χ3n) is 2.42. The fraction of sp³-hybridized carbons (Fsp3) is 0.889. The van der Waals surface area contributed by atoms with E-state index in [4.69, 9.17) is 0 Å². The maximum atomic E-state index is 3.97. The van der Waals surface area contributed by atoms with Crippen LogP contribution < -0.4 is 0 Å². The van der Waals surface area contributed by atoms with Crippen molar-refractivity contribution in [3.05, 3.63) is 6.92 Å². The fourth-order valence-electron chi connectivity index (χ4n) is 1.64. The first kappa shape index (κ1) is 7.11. The minimum absolute atomic E-state index is 0.856. The molecule has 0 heterocycles. The summed E-state index contributed by atoms with van der Waals surface area (Å²) in [4.78, 5) is 0. The normalized spacial score (nSPS) is 22.7. The smallest absolute Gasteiger partial charge is 0.0363 e. The molecular weight excluding hydrogens is 108 g/mol. The summed E-state index contributed by atoms with van der Waals surface area (Å²) in [5.41, 5.74) is 0. The highest BCUT2D eigenvalue weighted by atomic mass is 14.4. The van der Waals surface area contributed by atoms with E-state index in [-0.39, 0.29) is 0 Å². The Balaban J connectivity index is 2.28. The van der Waals surface area contributed by atoms with Gasteiger partial charge in [0.2, 0.25) is 0 Å². The van der Waals surface area contributed by atoms with Crippen LogP contribution in [0.5, 0.6) is 0 Å². The van der Waals surface area contributed by atoms with E-state index < -0.39 is 0 Å². The Hall–Kier alpha value is 0. The third-order valence-corrected chi connectivity index (χ3v) is 2.42. The maximum Gasteiger partial charge on any atom is -0.0363 e. The Kier molecular flexibility index (Phi) is 2.15. The van der Waals surface area contributed by atoms with Gasteiger partial charge in [-0.25, -0.2) is 0 Å². The lowest BCUT2D eigenvalue weighted by atomic mass is 9.89. The number of hydrogen-bond acceptors (Lipinski definition) is 0. The lowest BCUT2D eigenvalue weighted by Gasteiger charge is -2.17. The SMILES string of the molecule is [CH2]CC(C(C)C)C1CC1. The number of rotatable bonds is 3. The van der Waals surface area contributed by atoms with Crippen molar-refractivity contribution in [1.29, 1.82) is 0 Å². The average molecular weight is 125 g/mol. The number of hydrogen-bond donors (Lipinski definition) is 0. The van der Waals surface area contributed by atoms with E-state index >= 15 is 0 Å². The van der Waals surface area contributed by atoms with E-state index in [1.165, 1.54) is 12.8 Å². The topological polar surface area (TPSA) is 0 Å². The highest BCUT2D eigenvalue weighted by Gasteiger charge is 2.31. The van der Waals surface area contributed by atoms with E-state index in [1.54, 1.807) is 0 Å². The molecule has 0 amide bonds. The molecule has 1 aliphatic rings. The molecule has 0 aromatic carbocycles. The quantitative estimate of drug-likeness (QED) is 0.544. The molecule has 0 nitrogen and oxygen atoms in total. The van der Waals surface area contributed by atoms with Crippen LogP contribution in [0.1, 0.15) is 33.1 Å². The van der Waals surface area contributed by atoms with E-state index in [1.807, 2.05) is 0 Å². The lowest BCUT2D eigenvalue weighted by molar-refractivity contribution is 0.342. The van der Waals surface area contributed by atoms with Crippen molar-refractivity contribution >= 4 is 0 Å². The third kappa shape index (κ3) is 1.70. The molecule has 0 aliphatic heterocycles. The molecule has 53 valence electrons. The van der Waals surface area contributed by atoms with Gasteiger partial charge in [0.15, 0.2) is 0 Å². The summed E-state index contributed by atoms with van der Waals surface area (Å²) in [6.45, 7) is 8.60. The molecule has 1 unspecified atom stereocenters. The molecule has 1 fully saturated rings. The second-order valence-electron chi connectivity index (χ2n) is 3.53. The van der Waals surface area contributed by atoms with Gasteiger partial charge in [0.05, 0.1) is 0 Å². The first-order valence-corrected chi connectivity index (χ1v) is 4.05. The second kappa shape index (κ2) is 2.72. The first-order valence-electron chi connectivity index (χ1n) is 4.05. The van der Waals surface area contributed by atoms with Crippen LogP contribution in [0.2, 0.25) is 0 Å². The molecule has 1 atom stereocenters. The molecule has 0 saturated heterocycles. The summed E-state index contributed by atoms with van der Waals surface area (Å²) in [7, 11) is 0. The molecule has 1 radical (unpaired) electrons. The summed E-state index contributed by atoms with van der Waals surface area (Å²) in [6, 6.07) is 0. The Morgan fingerprint density at radius 3 is 2.11 bits per heavy atom. The van der Waals surface area contributed by atoms with Crippen LogP contribution in [0.4, 0.5) is 0 Å². The van der Waals surface area contributed by atoms with Crippen LogP contribution in [0.25, 0.3) is 0 Å². The van der Waals surface area contributed by atoms with Gasteiger partial charge < -0.3 is 0 Å². The van der Waals surface area contributed by atoms with Crippen LogP contribution in [-0.2, 0) is 0 Å². The molecule has 1 saturated carbocycles. The van der Waals surface area contributed by atoms with Crippen LogP contribution in [0, 0.1) is 24.7 Å². The highest BCUT2D eigenvalue weighted by Crippen LogP contribution is 2.41. The van der Waals surface area contributed by atoms with E-state index in [0.717, 1.165) is 24.2 Å². The fourth-order valence-corrected chi connectivity index (χ4v) is 1.64. The van der Waals surface area contributed by atoms with Crippen molar-refractivity contribution in [2.24, 2.45) is 17.8 Å². The molecule has 1 aliphatic carbocycles. The maximum absolute atomic E-state index is 3.97. The standard InChI is InChI=1S/C9H17/c1-4-9(7(2)3)8-5-6-8/h7-9H,1,4-6H2,2-3H3. The molecule has 0 heteroatoms. The van der Waals surface area contributed by atoms with E-state index in [0.29, 0.717) is 0 Å². The van der Waals surface area contributed by atoms with Crippen LogP contribution in [0.15, 0.2) is 0 Å². The molecule has 0 bridgehead atoms. The van der Waals surface area contributed by atoms with Gasteiger partial charge >= 0.3 is 0 Å². The van der Waals surface area contributed by atoms with Crippen molar-refractivity contribution in [3.8, 4) is 0 Å². The predicted molar refractivity (Wildman–Crippen MR) is 41.0 cm³/mol. The van der Waals surface area contributed by atoms with E-state index in [2.05, 4.69) is 20.8 Å². The molecule has 9 heavy (non-hydrogen) atoms. The summed E-state index contributed by atoms with van der Waals surface area (Å²) in [6.07, 6.45) is 4.08. The summed E-state index contributed by atoms with van der Waals surface area (Å²) in [5, 5.41) is 0. The predicted octanol–water partition coefficient (Wildman–Crippen LogP) is 2.89. The van der Waals surface area contributed by atoms with Gasteiger partial charge in [0.25, 0.3) is 0 Å². The Bertz CT molecular complexity index is 78.0. The molecule has 0 N–H and O–H groups in total. The summed E-state index contributed by atoms with van der Waals surface area (Å²) >= 11 is 0. The molecular formula is C9H17. The van der Waals surface area contributed by atoms with Crippen molar-refractivity contribution < 1.29 is 0 Å². The molecule has 1 rings (SSSR count). The van der Waals surface area contributed by atoms with Crippen molar-refractivity contribution in [3.63, 3.8) is 0 Å². The Labute approximate surface area is 58.7 Å². The zero-order valence-electron chi connectivity index (χ0n) is 6.56. The van der Waals surface area contributed by atoms with E-state index in [9.17, 15) is 0 Å². The van der Waals surface area contributed by atoms with Gasteiger partial charge in [-0.3, -0.25) is 0 Å². The monoisotopic (exact) mass is 125 g/mol. The largest absolute Gasteiger partial charge is 0.0625 e. The summed E-state index contributed by atoms with van der Waals surface area (Å²) < 4.78 is 0. The minimum atomic E-state index is 0.856. The highest BCUT2D eigenvalue weighted by molar-refractivity contribution is 4.83.